The fraction of sp³-hybridized carbons (Fsp3) is 1.00. The minimum absolute atomic E-state index is 0.124. The Bertz CT molecular complexity index is 91.1. The summed E-state index contributed by atoms with van der Waals surface area (Å²) in [5.74, 6) is 0. The molecule has 4 N–H and O–H groups in total. The zero-order valence-corrected chi connectivity index (χ0v) is 7.71. The van der Waals surface area contributed by atoms with Crippen LogP contribution < -0.4 is 10.9 Å². The number of unbranched alkanes of at least 4 members (excludes halogenated alkanes) is 1. The molecule has 0 aliphatic heterocycles. The summed E-state index contributed by atoms with van der Waals surface area (Å²) < 4.78 is 0. The molecule has 0 saturated heterocycles. The molecule has 74 valence electrons. The van der Waals surface area contributed by atoms with E-state index in [1.807, 2.05) is 6.92 Å². The summed E-state index contributed by atoms with van der Waals surface area (Å²) in [5, 5.41) is 17.5. The zero-order chi connectivity index (χ0) is 9.23. The number of nitrogens with one attached hydrogen (secondary N) is 2. The monoisotopic (exact) mass is 176 g/mol. The van der Waals surface area contributed by atoms with Gasteiger partial charge in [-0.2, -0.15) is 0 Å². The average molecular weight is 176 g/mol. The first-order chi connectivity index (χ1) is 5.81. The lowest BCUT2D eigenvalue weighted by molar-refractivity contribution is 0.0861. The van der Waals surface area contributed by atoms with Gasteiger partial charge in [0.2, 0.25) is 0 Å². The Morgan fingerprint density at radius 3 is 2.58 bits per heavy atom. The third kappa shape index (κ3) is 7.94. The Kier molecular flexibility index (Phi) is 8.81. The first kappa shape index (κ1) is 11.8. The normalized spacial score (nSPS) is 13.2. The van der Waals surface area contributed by atoms with Gasteiger partial charge in [0, 0.05) is 13.1 Å². The summed E-state index contributed by atoms with van der Waals surface area (Å²) in [6, 6.07) is 0. The number of aliphatic hydroxyl groups excluding tert-OH is 2. The topological polar surface area (TPSA) is 64.5 Å². The molecule has 0 radical (unpaired) electrons. The van der Waals surface area contributed by atoms with E-state index in [1.54, 1.807) is 0 Å². The van der Waals surface area contributed by atoms with Gasteiger partial charge in [-0.05, 0) is 19.3 Å². The van der Waals surface area contributed by atoms with Gasteiger partial charge in [-0.3, -0.25) is 10.9 Å². The lowest BCUT2D eigenvalue weighted by atomic mass is 10.1. The summed E-state index contributed by atoms with van der Waals surface area (Å²) in [6.07, 6.45) is 2.11. The summed E-state index contributed by atoms with van der Waals surface area (Å²) >= 11 is 0. The highest BCUT2D eigenvalue weighted by Gasteiger charge is 1.99. The molecule has 12 heavy (non-hydrogen) atoms. The molecule has 0 rings (SSSR count). The van der Waals surface area contributed by atoms with Gasteiger partial charge in [-0.25, -0.2) is 0 Å². The van der Waals surface area contributed by atoms with Crippen LogP contribution in [-0.2, 0) is 0 Å². The van der Waals surface area contributed by atoms with Gasteiger partial charge in [-0.15, -0.1) is 0 Å². The van der Waals surface area contributed by atoms with Gasteiger partial charge in [0.15, 0.2) is 0 Å². The molecule has 4 nitrogen and oxygen atoms in total. The first-order valence-corrected chi connectivity index (χ1v) is 4.56. The third-order valence-corrected chi connectivity index (χ3v) is 1.60. The second-order valence-electron chi connectivity index (χ2n) is 2.79. The molecule has 0 fully saturated rings. The van der Waals surface area contributed by atoms with E-state index < -0.39 is 6.10 Å². The van der Waals surface area contributed by atoms with E-state index in [-0.39, 0.29) is 6.61 Å². The number of hydrazine groups is 1. The van der Waals surface area contributed by atoms with Crippen LogP contribution in [0.4, 0.5) is 0 Å². The molecule has 0 aromatic carbocycles. The van der Waals surface area contributed by atoms with Crippen molar-refractivity contribution in [2.45, 2.75) is 32.3 Å². The molecule has 0 heterocycles. The highest BCUT2D eigenvalue weighted by molar-refractivity contribution is 4.53. The fourth-order valence-electron chi connectivity index (χ4n) is 0.898. The maximum absolute atomic E-state index is 8.97. The van der Waals surface area contributed by atoms with Crippen LogP contribution >= 0.6 is 0 Å². The van der Waals surface area contributed by atoms with Crippen LogP contribution in [0.2, 0.25) is 0 Å². The molecule has 4 heteroatoms. The Morgan fingerprint density at radius 1 is 1.25 bits per heavy atom. The van der Waals surface area contributed by atoms with Crippen molar-refractivity contribution >= 4 is 0 Å². The molecular formula is C8H20N2O2. The molecule has 0 spiro atoms. The lowest BCUT2D eigenvalue weighted by Crippen LogP contribution is -2.32. The van der Waals surface area contributed by atoms with Crippen LogP contribution in [0.15, 0.2) is 0 Å². The van der Waals surface area contributed by atoms with Gasteiger partial charge in [-0.1, -0.05) is 6.92 Å². The Morgan fingerprint density at radius 2 is 2.00 bits per heavy atom. The van der Waals surface area contributed by atoms with Crippen LogP contribution in [0.1, 0.15) is 26.2 Å². The summed E-state index contributed by atoms with van der Waals surface area (Å²) in [4.78, 5) is 0. The highest BCUT2D eigenvalue weighted by atomic mass is 16.3. The molecule has 0 aromatic rings. The maximum Gasteiger partial charge on any atom is 0.0770 e. The summed E-state index contributed by atoms with van der Waals surface area (Å²) in [5.41, 5.74) is 6.02. The van der Waals surface area contributed by atoms with E-state index in [1.165, 1.54) is 0 Å². The van der Waals surface area contributed by atoms with Crippen molar-refractivity contribution in [2.24, 2.45) is 0 Å². The van der Waals surface area contributed by atoms with Gasteiger partial charge >= 0.3 is 0 Å². The predicted octanol–water partition coefficient (Wildman–Crippen LogP) is -0.376. The van der Waals surface area contributed by atoms with Crippen molar-refractivity contribution in [2.75, 3.05) is 19.7 Å². The van der Waals surface area contributed by atoms with Crippen molar-refractivity contribution < 1.29 is 10.2 Å². The molecule has 0 bridgehead atoms. The average Bonchev–Trinajstić information content (AvgIpc) is 2.10. The van der Waals surface area contributed by atoms with Crippen molar-refractivity contribution in [3.05, 3.63) is 0 Å². The molecule has 1 unspecified atom stereocenters. The molecule has 0 aromatic heterocycles. The molecule has 0 amide bonds. The van der Waals surface area contributed by atoms with E-state index in [4.69, 9.17) is 10.2 Å². The first-order valence-electron chi connectivity index (χ1n) is 4.56. The smallest absolute Gasteiger partial charge is 0.0770 e. The molecule has 0 aliphatic rings. The maximum atomic E-state index is 8.97. The number of hydrogen-bond donors (Lipinski definition) is 4. The Balaban J connectivity index is 2.90. The van der Waals surface area contributed by atoms with Crippen LogP contribution in [-0.4, -0.2) is 36.0 Å². The van der Waals surface area contributed by atoms with Gasteiger partial charge in [0.1, 0.15) is 0 Å². The van der Waals surface area contributed by atoms with Crippen molar-refractivity contribution in [1.82, 2.24) is 10.9 Å². The van der Waals surface area contributed by atoms with Crippen LogP contribution in [0.25, 0.3) is 0 Å². The quantitative estimate of drug-likeness (QED) is 0.301. The second-order valence-corrected chi connectivity index (χ2v) is 2.79. The van der Waals surface area contributed by atoms with E-state index in [9.17, 15) is 0 Å². The SMILES string of the molecule is CCNNCCCCC(O)CO. The minimum atomic E-state index is -0.538. The largest absolute Gasteiger partial charge is 0.394 e. The fourth-order valence-corrected chi connectivity index (χ4v) is 0.898. The van der Waals surface area contributed by atoms with Crippen molar-refractivity contribution in [1.29, 1.82) is 0 Å². The van der Waals surface area contributed by atoms with E-state index in [2.05, 4.69) is 10.9 Å². The number of rotatable bonds is 8. The molecule has 1 atom stereocenters. The van der Waals surface area contributed by atoms with Crippen molar-refractivity contribution in [3.63, 3.8) is 0 Å². The standard InChI is InChI=1S/C8H20N2O2/c1-2-9-10-6-4-3-5-8(12)7-11/h8-12H,2-7H2,1H3. The lowest BCUT2D eigenvalue weighted by Gasteiger charge is -2.07. The number of aliphatic hydroxyl groups is 2. The Hall–Kier alpha value is -0.160. The summed E-state index contributed by atoms with van der Waals surface area (Å²) in [7, 11) is 0. The Labute approximate surface area is 74.0 Å². The summed E-state index contributed by atoms with van der Waals surface area (Å²) in [6.45, 7) is 3.73. The van der Waals surface area contributed by atoms with Crippen LogP contribution in [0.5, 0.6) is 0 Å². The van der Waals surface area contributed by atoms with Gasteiger partial charge in [0.25, 0.3) is 0 Å². The zero-order valence-electron chi connectivity index (χ0n) is 7.71. The second kappa shape index (κ2) is 8.93. The van der Waals surface area contributed by atoms with Crippen LogP contribution in [0, 0.1) is 0 Å². The van der Waals surface area contributed by atoms with Crippen LogP contribution in [0.3, 0.4) is 0 Å². The van der Waals surface area contributed by atoms with Gasteiger partial charge < -0.3 is 10.2 Å². The highest BCUT2D eigenvalue weighted by Crippen LogP contribution is 1.98. The number of hydrogen-bond acceptors (Lipinski definition) is 4. The third-order valence-electron chi connectivity index (χ3n) is 1.60. The van der Waals surface area contributed by atoms with E-state index in [0.29, 0.717) is 6.42 Å². The predicted molar refractivity (Wildman–Crippen MR) is 48.6 cm³/mol. The van der Waals surface area contributed by atoms with Crippen molar-refractivity contribution in [3.8, 4) is 0 Å². The van der Waals surface area contributed by atoms with E-state index >= 15 is 0 Å². The minimum Gasteiger partial charge on any atom is -0.394 e. The molecule has 0 saturated carbocycles. The van der Waals surface area contributed by atoms with E-state index in [0.717, 1.165) is 25.9 Å². The molecular weight excluding hydrogens is 156 g/mol. The van der Waals surface area contributed by atoms with Gasteiger partial charge in [0.05, 0.1) is 12.7 Å². The molecule has 0 aliphatic carbocycles.